The third-order valence-electron chi connectivity index (χ3n) is 7.17. The zero-order chi connectivity index (χ0) is 26.6. The molecule has 8 heteroatoms. The Morgan fingerprint density at radius 2 is 1.64 bits per heavy atom. The molecular formula is C28H44N4O4. The van der Waals surface area contributed by atoms with Gasteiger partial charge in [-0.1, -0.05) is 82.7 Å². The van der Waals surface area contributed by atoms with Crippen LogP contribution in [0.15, 0.2) is 30.3 Å². The lowest BCUT2D eigenvalue weighted by molar-refractivity contribution is -0.134. The van der Waals surface area contributed by atoms with Gasteiger partial charge in [0.15, 0.2) is 0 Å². The van der Waals surface area contributed by atoms with Crippen LogP contribution in [-0.2, 0) is 25.6 Å². The van der Waals surface area contributed by atoms with Gasteiger partial charge >= 0.3 is 0 Å². The smallest absolute Gasteiger partial charge is 0.243 e. The first kappa shape index (κ1) is 29.5. The summed E-state index contributed by atoms with van der Waals surface area (Å²) in [7, 11) is 0. The Morgan fingerprint density at radius 1 is 1.00 bits per heavy atom. The molecule has 0 bridgehead atoms. The molecule has 1 saturated carbocycles. The molecule has 200 valence electrons. The Hall–Kier alpha value is -2.74. The fourth-order valence-corrected chi connectivity index (χ4v) is 4.59. The summed E-state index contributed by atoms with van der Waals surface area (Å²) in [4.78, 5) is 50.9. The lowest BCUT2D eigenvalue weighted by Gasteiger charge is -2.28. The van der Waals surface area contributed by atoms with Crippen LogP contribution in [0.2, 0.25) is 0 Å². The van der Waals surface area contributed by atoms with E-state index in [9.17, 15) is 19.2 Å². The predicted molar refractivity (Wildman–Crippen MR) is 141 cm³/mol. The van der Waals surface area contributed by atoms with E-state index < -0.39 is 35.5 Å². The zero-order valence-electron chi connectivity index (χ0n) is 22.1. The van der Waals surface area contributed by atoms with E-state index in [-0.39, 0.29) is 12.3 Å². The van der Waals surface area contributed by atoms with E-state index in [1.807, 2.05) is 44.2 Å². The fourth-order valence-electron chi connectivity index (χ4n) is 4.59. The summed E-state index contributed by atoms with van der Waals surface area (Å²) in [5.41, 5.74) is 5.86. The number of amides is 3. The SMILES string of the molecule is CCC[C@H](NC(=O)[C@H](Cc1ccccc1)NC(=O)[C@@](C)(N)CC)C(=O)N[C@H](C=O)CC1CCCCC1. The van der Waals surface area contributed by atoms with Crippen LogP contribution in [0.3, 0.4) is 0 Å². The van der Waals surface area contributed by atoms with Crippen molar-refractivity contribution >= 4 is 24.0 Å². The quantitative estimate of drug-likeness (QED) is 0.292. The normalized spacial score (nSPS) is 18.2. The topological polar surface area (TPSA) is 130 Å². The molecule has 0 radical (unpaired) electrons. The van der Waals surface area contributed by atoms with Crippen molar-refractivity contribution in [2.75, 3.05) is 0 Å². The average molecular weight is 501 g/mol. The summed E-state index contributed by atoms with van der Waals surface area (Å²) in [6.45, 7) is 5.36. The van der Waals surface area contributed by atoms with E-state index in [0.29, 0.717) is 31.6 Å². The maximum atomic E-state index is 13.3. The van der Waals surface area contributed by atoms with E-state index in [0.717, 1.165) is 37.5 Å². The van der Waals surface area contributed by atoms with E-state index in [4.69, 9.17) is 5.73 Å². The standard InChI is InChI=1S/C28H44N4O4/c1-4-12-23(25(34)30-22(19-33)17-20-13-8-6-9-14-20)31-26(35)24(18-21-15-10-7-11-16-21)32-27(36)28(3,29)5-2/h7,10-11,15-16,19-20,22-24H,4-6,8-9,12-14,17-18,29H2,1-3H3,(H,30,34)(H,31,35)(H,32,36)/t22-,23-,24-,28-/m0/s1. The molecule has 5 N–H and O–H groups in total. The third-order valence-corrected chi connectivity index (χ3v) is 7.17. The number of benzene rings is 1. The number of carbonyl (C=O) groups excluding carboxylic acids is 4. The van der Waals surface area contributed by atoms with Gasteiger partial charge < -0.3 is 26.5 Å². The second kappa shape index (κ2) is 14.7. The van der Waals surface area contributed by atoms with Gasteiger partial charge in [-0.05, 0) is 37.7 Å². The second-order valence-electron chi connectivity index (χ2n) is 10.3. The first-order valence-corrected chi connectivity index (χ1v) is 13.4. The van der Waals surface area contributed by atoms with Gasteiger partial charge in [0.05, 0.1) is 11.6 Å². The van der Waals surface area contributed by atoms with E-state index in [1.165, 1.54) is 6.42 Å². The minimum atomic E-state index is -1.12. The molecule has 3 amide bonds. The lowest BCUT2D eigenvalue weighted by atomic mass is 9.85. The van der Waals surface area contributed by atoms with Crippen molar-refractivity contribution in [3.8, 4) is 0 Å². The summed E-state index contributed by atoms with van der Waals surface area (Å²) in [6, 6.07) is 7.10. The van der Waals surface area contributed by atoms with Gasteiger partial charge in [-0.2, -0.15) is 0 Å². The number of nitrogens with two attached hydrogens (primary N) is 1. The Balaban J connectivity index is 2.11. The summed E-state index contributed by atoms with van der Waals surface area (Å²) in [6.07, 6.45) is 8.87. The summed E-state index contributed by atoms with van der Waals surface area (Å²) < 4.78 is 0. The van der Waals surface area contributed by atoms with Crippen molar-refractivity contribution in [1.82, 2.24) is 16.0 Å². The molecule has 2 rings (SSSR count). The lowest BCUT2D eigenvalue weighted by Crippen LogP contribution is -2.59. The van der Waals surface area contributed by atoms with Crippen molar-refractivity contribution < 1.29 is 19.2 Å². The molecule has 36 heavy (non-hydrogen) atoms. The van der Waals surface area contributed by atoms with Gasteiger partial charge in [-0.15, -0.1) is 0 Å². The highest BCUT2D eigenvalue weighted by molar-refractivity contribution is 5.94. The summed E-state index contributed by atoms with van der Waals surface area (Å²) in [5.74, 6) is -0.822. The van der Waals surface area contributed by atoms with Crippen LogP contribution in [0.5, 0.6) is 0 Å². The number of rotatable bonds is 14. The predicted octanol–water partition coefficient (Wildman–Crippen LogP) is 2.78. The van der Waals surface area contributed by atoms with Crippen molar-refractivity contribution in [1.29, 1.82) is 0 Å². The van der Waals surface area contributed by atoms with Crippen LogP contribution in [0, 0.1) is 5.92 Å². The molecular weight excluding hydrogens is 456 g/mol. The fraction of sp³-hybridized carbons (Fsp3) is 0.643. The molecule has 0 heterocycles. The first-order chi connectivity index (χ1) is 17.2. The molecule has 4 atom stereocenters. The number of hydrogen-bond acceptors (Lipinski definition) is 5. The van der Waals surface area contributed by atoms with Gasteiger partial charge in [0.1, 0.15) is 18.4 Å². The van der Waals surface area contributed by atoms with Crippen LogP contribution in [0.1, 0.15) is 84.1 Å². The van der Waals surface area contributed by atoms with Crippen LogP contribution < -0.4 is 21.7 Å². The van der Waals surface area contributed by atoms with E-state index in [1.54, 1.807) is 6.92 Å². The van der Waals surface area contributed by atoms with Gasteiger partial charge in [0.2, 0.25) is 17.7 Å². The molecule has 0 aromatic heterocycles. The monoisotopic (exact) mass is 500 g/mol. The number of nitrogens with one attached hydrogen (secondary N) is 3. The summed E-state index contributed by atoms with van der Waals surface area (Å²) >= 11 is 0. The molecule has 1 aliphatic carbocycles. The molecule has 0 aliphatic heterocycles. The number of carbonyl (C=O) groups is 4. The molecule has 1 aromatic carbocycles. The van der Waals surface area contributed by atoms with Gasteiger partial charge in [0.25, 0.3) is 0 Å². The minimum Gasteiger partial charge on any atom is -0.345 e. The van der Waals surface area contributed by atoms with Gasteiger partial charge in [-0.25, -0.2) is 0 Å². The van der Waals surface area contributed by atoms with E-state index >= 15 is 0 Å². The Bertz CT molecular complexity index is 852. The molecule has 1 fully saturated rings. The Morgan fingerprint density at radius 3 is 2.22 bits per heavy atom. The largest absolute Gasteiger partial charge is 0.345 e. The Kier molecular flexibility index (Phi) is 12.1. The molecule has 1 aliphatic rings. The van der Waals surface area contributed by atoms with Crippen molar-refractivity contribution in [2.45, 2.75) is 109 Å². The molecule has 0 spiro atoms. The van der Waals surface area contributed by atoms with Crippen molar-refractivity contribution in [3.63, 3.8) is 0 Å². The van der Waals surface area contributed by atoms with Crippen molar-refractivity contribution in [2.24, 2.45) is 11.7 Å². The zero-order valence-corrected chi connectivity index (χ0v) is 22.1. The summed E-state index contributed by atoms with van der Waals surface area (Å²) in [5, 5.41) is 8.45. The van der Waals surface area contributed by atoms with Crippen LogP contribution in [0.25, 0.3) is 0 Å². The Labute approximate surface area is 215 Å². The van der Waals surface area contributed by atoms with Gasteiger partial charge in [0, 0.05) is 6.42 Å². The van der Waals surface area contributed by atoms with Crippen LogP contribution >= 0.6 is 0 Å². The third kappa shape index (κ3) is 9.37. The first-order valence-electron chi connectivity index (χ1n) is 13.4. The maximum Gasteiger partial charge on any atom is 0.243 e. The number of hydrogen-bond donors (Lipinski definition) is 4. The highest BCUT2D eigenvalue weighted by atomic mass is 16.2. The maximum absolute atomic E-state index is 13.3. The highest BCUT2D eigenvalue weighted by Gasteiger charge is 2.32. The van der Waals surface area contributed by atoms with Crippen molar-refractivity contribution in [3.05, 3.63) is 35.9 Å². The minimum absolute atomic E-state index is 0.261. The number of aldehydes is 1. The average Bonchev–Trinajstić information content (AvgIpc) is 2.88. The molecule has 1 aromatic rings. The molecule has 0 unspecified atom stereocenters. The van der Waals surface area contributed by atoms with Gasteiger partial charge in [-0.3, -0.25) is 14.4 Å². The second-order valence-corrected chi connectivity index (χ2v) is 10.3. The highest BCUT2D eigenvalue weighted by Crippen LogP contribution is 2.27. The molecule has 0 saturated heterocycles. The van der Waals surface area contributed by atoms with E-state index in [2.05, 4.69) is 16.0 Å². The molecule has 8 nitrogen and oxygen atoms in total. The van der Waals surface area contributed by atoms with Crippen LogP contribution in [0.4, 0.5) is 0 Å². The van der Waals surface area contributed by atoms with Crippen LogP contribution in [-0.4, -0.2) is 47.7 Å².